The largest absolute Gasteiger partial charge is 0.363 e. The smallest absolute Gasteiger partial charge is 0.148 e. The topological polar surface area (TPSA) is 63.8 Å². The molecule has 0 aliphatic rings. The summed E-state index contributed by atoms with van der Waals surface area (Å²) in [5.41, 5.74) is 3.51. The fourth-order valence-electron chi connectivity index (χ4n) is 1.93. The predicted molar refractivity (Wildman–Crippen MR) is 72.8 cm³/mol. The first-order valence-corrected chi connectivity index (χ1v) is 6.12. The highest BCUT2D eigenvalue weighted by Gasteiger charge is 2.06. The lowest BCUT2D eigenvalue weighted by atomic mass is 10.3. The quantitative estimate of drug-likeness (QED) is 0.778. The third kappa shape index (κ3) is 2.40. The number of nitrogens with one attached hydrogen (secondary N) is 1. The van der Waals surface area contributed by atoms with E-state index in [0.29, 0.717) is 6.54 Å². The molecule has 0 atom stereocenters. The van der Waals surface area contributed by atoms with E-state index in [2.05, 4.69) is 20.4 Å². The van der Waals surface area contributed by atoms with Crippen LogP contribution >= 0.6 is 0 Å². The zero-order valence-electron chi connectivity index (χ0n) is 10.8. The third-order valence-electron chi connectivity index (χ3n) is 2.86. The molecular weight excluding hydrogens is 240 g/mol. The summed E-state index contributed by atoms with van der Waals surface area (Å²) >= 11 is 0. The summed E-state index contributed by atoms with van der Waals surface area (Å²) < 4.78 is 5.03. The molecule has 0 saturated carbocycles. The zero-order chi connectivity index (χ0) is 13.2. The lowest BCUT2D eigenvalue weighted by molar-refractivity contribution is 0.391. The molecule has 1 N–H and O–H groups in total. The zero-order valence-corrected chi connectivity index (χ0v) is 10.8. The number of nitrogens with zero attached hydrogens (tertiary/aromatic N) is 3. The van der Waals surface area contributed by atoms with Crippen LogP contribution < -0.4 is 5.32 Å². The van der Waals surface area contributed by atoms with Crippen molar-refractivity contribution in [1.82, 2.24) is 15.1 Å². The Morgan fingerprint density at radius 2 is 1.84 bits per heavy atom. The highest BCUT2D eigenvalue weighted by Crippen LogP contribution is 2.16. The van der Waals surface area contributed by atoms with Gasteiger partial charge in [0.15, 0.2) is 0 Å². The van der Waals surface area contributed by atoms with Crippen molar-refractivity contribution in [2.75, 3.05) is 5.32 Å². The predicted octanol–water partition coefficient (Wildman–Crippen LogP) is 2.85. The van der Waals surface area contributed by atoms with Crippen molar-refractivity contribution in [3.05, 3.63) is 47.5 Å². The van der Waals surface area contributed by atoms with Gasteiger partial charge in [-0.1, -0.05) is 17.3 Å². The summed E-state index contributed by atoms with van der Waals surface area (Å²) in [6, 6.07) is 9.73. The van der Waals surface area contributed by atoms with E-state index in [4.69, 9.17) is 4.52 Å². The maximum absolute atomic E-state index is 5.03. The molecule has 0 aliphatic heterocycles. The molecule has 0 bridgehead atoms. The van der Waals surface area contributed by atoms with Crippen LogP contribution in [0.2, 0.25) is 0 Å². The van der Waals surface area contributed by atoms with Gasteiger partial charge in [0.1, 0.15) is 17.3 Å². The van der Waals surface area contributed by atoms with Gasteiger partial charge in [0.05, 0.1) is 23.3 Å². The van der Waals surface area contributed by atoms with Crippen molar-refractivity contribution >= 4 is 16.9 Å². The number of fused-ring (bicyclic) bond motifs is 1. The second-order valence-corrected chi connectivity index (χ2v) is 4.43. The molecule has 0 fully saturated rings. The molecule has 0 spiro atoms. The van der Waals surface area contributed by atoms with E-state index in [9.17, 15) is 0 Å². The van der Waals surface area contributed by atoms with Crippen LogP contribution in [0.25, 0.3) is 11.0 Å². The molecule has 3 aromatic rings. The van der Waals surface area contributed by atoms with Gasteiger partial charge in [-0.3, -0.25) is 0 Å². The van der Waals surface area contributed by atoms with Crippen LogP contribution in [0.3, 0.4) is 0 Å². The van der Waals surface area contributed by atoms with Gasteiger partial charge in [0, 0.05) is 6.07 Å². The van der Waals surface area contributed by atoms with E-state index in [1.165, 1.54) is 0 Å². The van der Waals surface area contributed by atoms with Gasteiger partial charge in [0.25, 0.3) is 0 Å². The summed E-state index contributed by atoms with van der Waals surface area (Å²) in [6.07, 6.45) is 0. The molecule has 5 heteroatoms. The highest BCUT2D eigenvalue weighted by atomic mass is 16.5. The molecule has 5 nitrogen and oxygen atoms in total. The number of aromatic nitrogens is 3. The summed E-state index contributed by atoms with van der Waals surface area (Å²) in [7, 11) is 0. The standard InChI is InChI=1S/C14H14N4O/c1-9-7-11(18-19-9)8-15-14-10(2)16-12-5-3-4-6-13(12)17-14/h3-7H,8H2,1-2H3,(H,15,17). The lowest BCUT2D eigenvalue weighted by Gasteiger charge is -2.07. The van der Waals surface area contributed by atoms with Crippen LogP contribution in [-0.4, -0.2) is 15.1 Å². The Labute approximate surface area is 110 Å². The van der Waals surface area contributed by atoms with Crippen molar-refractivity contribution < 1.29 is 4.52 Å². The van der Waals surface area contributed by atoms with Gasteiger partial charge in [-0.2, -0.15) is 0 Å². The SMILES string of the molecule is Cc1cc(CNc2nc3ccccc3nc2C)no1. The van der Waals surface area contributed by atoms with Crippen LogP contribution in [0.5, 0.6) is 0 Å². The Hall–Kier alpha value is -2.43. The molecule has 0 amide bonds. The van der Waals surface area contributed by atoms with Crippen LogP contribution in [-0.2, 0) is 6.54 Å². The van der Waals surface area contributed by atoms with E-state index >= 15 is 0 Å². The van der Waals surface area contributed by atoms with Gasteiger partial charge >= 0.3 is 0 Å². The molecule has 1 aromatic carbocycles. The van der Waals surface area contributed by atoms with Crippen molar-refractivity contribution in [2.45, 2.75) is 20.4 Å². The van der Waals surface area contributed by atoms with Crippen LogP contribution in [0, 0.1) is 13.8 Å². The third-order valence-corrected chi connectivity index (χ3v) is 2.86. The Kier molecular flexibility index (Phi) is 2.87. The Bertz CT molecular complexity index is 720. The summed E-state index contributed by atoms with van der Waals surface area (Å²) in [5.74, 6) is 1.58. The molecule has 3 rings (SSSR count). The first-order chi connectivity index (χ1) is 9.22. The van der Waals surface area contributed by atoms with Gasteiger partial charge in [-0.25, -0.2) is 9.97 Å². The summed E-state index contributed by atoms with van der Waals surface area (Å²) in [4.78, 5) is 9.09. The fraction of sp³-hybridized carbons (Fsp3) is 0.214. The van der Waals surface area contributed by atoms with E-state index < -0.39 is 0 Å². The average molecular weight is 254 g/mol. The Morgan fingerprint density at radius 1 is 1.11 bits per heavy atom. The number of para-hydroxylation sites is 2. The summed E-state index contributed by atoms with van der Waals surface area (Å²) in [6.45, 7) is 4.39. The first-order valence-electron chi connectivity index (χ1n) is 6.12. The molecule has 96 valence electrons. The van der Waals surface area contributed by atoms with E-state index in [1.54, 1.807) is 0 Å². The Balaban J connectivity index is 1.86. The minimum atomic E-state index is 0.575. The molecule has 2 heterocycles. The number of rotatable bonds is 3. The minimum Gasteiger partial charge on any atom is -0.363 e. The number of aryl methyl sites for hydroxylation is 2. The van der Waals surface area contributed by atoms with E-state index in [1.807, 2.05) is 44.2 Å². The second-order valence-electron chi connectivity index (χ2n) is 4.43. The van der Waals surface area contributed by atoms with Crippen LogP contribution in [0.15, 0.2) is 34.9 Å². The normalized spacial score (nSPS) is 10.8. The molecule has 0 aliphatic carbocycles. The average Bonchev–Trinajstić information content (AvgIpc) is 2.82. The van der Waals surface area contributed by atoms with Gasteiger partial charge < -0.3 is 9.84 Å². The molecule has 2 aromatic heterocycles. The lowest BCUT2D eigenvalue weighted by Crippen LogP contribution is -2.05. The van der Waals surface area contributed by atoms with Crippen LogP contribution in [0.4, 0.5) is 5.82 Å². The number of hydrogen-bond donors (Lipinski definition) is 1. The molecule has 0 saturated heterocycles. The number of anilines is 1. The molecule has 19 heavy (non-hydrogen) atoms. The Morgan fingerprint density at radius 3 is 2.53 bits per heavy atom. The molecule has 0 unspecified atom stereocenters. The van der Waals surface area contributed by atoms with E-state index in [-0.39, 0.29) is 0 Å². The maximum Gasteiger partial charge on any atom is 0.148 e. The van der Waals surface area contributed by atoms with Crippen molar-refractivity contribution in [3.63, 3.8) is 0 Å². The minimum absolute atomic E-state index is 0.575. The van der Waals surface area contributed by atoms with Gasteiger partial charge in [0.2, 0.25) is 0 Å². The van der Waals surface area contributed by atoms with Crippen molar-refractivity contribution in [2.24, 2.45) is 0 Å². The van der Waals surface area contributed by atoms with Gasteiger partial charge in [-0.05, 0) is 26.0 Å². The second kappa shape index (κ2) is 4.68. The summed E-state index contributed by atoms with van der Waals surface area (Å²) in [5, 5.41) is 7.18. The van der Waals surface area contributed by atoms with Crippen molar-refractivity contribution in [1.29, 1.82) is 0 Å². The monoisotopic (exact) mass is 254 g/mol. The maximum atomic E-state index is 5.03. The molecular formula is C14H14N4O. The number of benzene rings is 1. The van der Waals surface area contributed by atoms with Crippen molar-refractivity contribution in [3.8, 4) is 0 Å². The fourth-order valence-corrected chi connectivity index (χ4v) is 1.93. The molecule has 0 radical (unpaired) electrons. The van der Waals surface area contributed by atoms with E-state index in [0.717, 1.165) is 34.0 Å². The van der Waals surface area contributed by atoms with Crippen LogP contribution in [0.1, 0.15) is 17.1 Å². The first kappa shape index (κ1) is 11.6. The highest BCUT2D eigenvalue weighted by molar-refractivity contribution is 5.76. The number of hydrogen-bond acceptors (Lipinski definition) is 5. The van der Waals surface area contributed by atoms with Gasteiger partial charge in [-0.15, -0.1) is 0 Å².